The van der Waals surface area contributed by atoms with Crippen molar-refractivity contribution in [2.75, 3.05) is 11.9 Å². The highest BCUT2D eigenvalue weighted by Crippen LogP contribution is 2.08. The molecule has 2 rings (SSSR count). The van der Waals surface area contributed by atoms with Crippen LogP contribution in [-0.2, 0) is 11.3 Å². The number of rotatable bonds is 4. The number of benzene rings is 1. The summed E-state index contributed by atoms with van der Waals surface area (Å²) in [5.74, 6) is 5.58. The molecule has 2 N–H and O–H groups in total. The summed E-state index contributed by atoms with van der Waals surface area (Å²) in [7, 11) is 0. The summed E-state index contributed by atoms with van der Waals surface area (Å²) in [6.07, 6.45) is 3.60. The van der Waals surface area contributed by atoms with E-state index in [4.69, 9.17) is 5.11 Å². The Morgan fingerprint density at radius 3 is 2.80 bits per heavy atom. The minimum atomic E-state index is -0.172. The van der Waals surface area contributed by atoms with Gasteiger partial charge in [-0.3, -0.25) is 4.79 Å². The molecule has 6 nitrogen and oxygen atoms in total. The first-order valence-corrected chi connectivity index (χ1v) is 6.11. The van der Waals surface area contributed by atoms with Gasteiger partial charge in [-0.1, -0.05) is 17.1 Å². The Hall–Kier alpha value is -2.65. The van der Waals surface area contributed by atoms with Gasteiger partial charge in [0.15, 0.2) is 0 Å². The van der Waals surface area contributed by atoms with Crippen LogP contribution in [0.15, 0.2) is 36.7 Å². The van der Waals surface area contributed by atoms with E-state index in [-0.39, 0.29) is 19.1 Å². The SMILES string of the molecule is O=C(Cn1ccnn1)Nc1ccc(C#CCCO)cc1. The normalized spacial score (nSPS) is 9.65. The van der Waals surface area contributed by atoms with Crippen LogP contribution in [0.4, 0.5) is 5.69 Å². The van der Waals surface area contributed by atoms with Gasteiger partial charge in [-0.05, 0) is 24.3 Å². The molecule has 0 aliphatic heterocycles. The molecule has 6 heteroatoms. The van der Waals surface area contributed by atoms with Gasteiger partial charge in [0.05, 0.1) is 12.8 Å². The molecule has 0 atom stereocenters. The maximum atomic E-state index is 11.7. The molecule has 2 aromatic rings. The van der Waals surface area contributed by atoms with Gasteiger partial charge in [-0.25, -0.2) is 4.68 Å². The van der Waals surface area contributed by atoms with Crippen molar-refractivity contribution < 1.29 is 9.90 Å². The Kier molecular flexibility index (Phi) is 4.87. The summed E-state index contributed by atoms with van der Waals surface area (Å²) >= 11 is 0. The number of hydrogen-bond donors (Lipinski definition) is 2. The second kappa shape index (κ2) is 7.07. The van der Waals surface area contributed by atoms with Crippen molar-refractivity contribution in [3.63, 3.8) is 0 Å². The van der Waals surface area contributed by atoms with Crippen LogP contribution in [0.1, 0.15) is 12.0 Å². The van der Waals surface area contributed by atoms with E-state index in [1.54, 1.807) is 18.3 Å². The van der Waals surface area contributed by atoms with E-state index in [0.717, 1.165) is 5.56 Å². The smallest absolute Gasteiger partial charge is 0.246 e. The molecule has 20 heavy (non-hydrogen) atoms. The maximum absolute atomic E-state index is 11.7. The van der Waals surface area contributed by atoms with Crippen molar-refractivity contribution >= 4 is 11.6 Å². The highest BCUT2D eigenvalue weighted by molar-refractivity contribution is 5.90. The first-order valence-electron chi connectivity index (χ1n) is 6.11. The fraction of sp³-hybridized carbons (Fsp3) is 0.214. The van der Waals surface area contributed by atoms with Crippen LogP contribution in [0.25, 0.3) is 0 Å². The van der Waals surface area contributed by atoms with E-state index in [1.807, 2.05) is 12.1 Å². The van der Waals surface area contributed by atoms with Gasteiger partial charge in [0.25, 0.3) is 0 Å². The number of carbonyl (C=O) groups is 1. The molecule has 102 valence electrons. The van der Waals surface area contributed by atoms with E-state index < -0.39 is 0 Å². The molecule has 0 spiro atoms. The van der Waals surface area contributed by atoms with Crippen molar-refractivity contribution in [1.29, 1.82) is 0 Å². The van der Waals surface area contributed by atoms with E-state index >= 15 is 0 Å². The number of nitrogens with zero attached hydrogens (tertiary/aromatic N) is 3. The van der Waals surface area contributed by atoms with Crippen LogP contribution in [-0.4, -0.2) is 32.6 Å². The lowest BCUT2D eigenvalue weighted by molar-refractivity contribution is -0.116. The van der Waals surface area contributed by atoms with Crippen LogP contribution in [0.2, 0.25) is 0 Å². The summed E-state index contributed by atoms with van der Waals surface area (Å²) in [6, 6.07) is 7.19. The number of anilines is 1. The Balaban J connectivity index is 1.90. The van der Waals surface area contributed by atoms with E-state index in [1.165, 1.54) is 10.9 Å². The Morgan fingerprint density at radius 1 is 1.35 bits per heavy atom. The number of aromatic nitrogens is 3. The van der Waals surface area contributed by atoms with Crippen LogP contribution < -0.4 is 5.32 Å². The van der Waals surface area contributed by atoms with Gasteiger partial charge in [0, 0.05) is 23.9 Å². The predicted octanol–water partition coefficient (Wildman–Crippen LogP) is 0.651. The summed E-state index contributed by atoms with van der Waals surface area (Å²) in [6.45, 7) is 0.182. The van der Waals surface area contributed by atoms with E-state index in [9.17, 15) is 4.79 Å². The topological polar surface area (TPSA) is 80.0 Å². The van der Waals surface area contributed by atoms with Gasteiger partial charge < -0.3 is 10.4 Å². The van der Waals surface area contributed by atoms with E-state index in [2.05, 4.69) is 27.5 Å². The molecular formula is C14H14N4O2. The molecule has 0 saturated heterocycles. The number of hydrogen-bond acceptors (Lipinski definition) is 4. The highest BCUT2D eigenvalue weighted by Gasteiger charge is 2.03. The molecule has 0 fully saturated rings. The molecule has 0 radical (unpaired) electrons. The quantitative estimate of drug-likeness (QED) is 0.799. The lowest BCUT2D eigenvalue weighted by atomic mass is 10.2. The zero-order valence-electron chi connectivity index (χ0n) is 10.8. The highest BCUT2D eigenvalue weighted by atomic mass is 16.2. The van der Waals surface area contributed by atoms with Gasteiger partial charge in [-0.2, -0.15) is 0 Å². The third-order valence-corrected chi connectivity index (χ3v) is 2.42. The molecule has 0 aliphatic rings. The van der Waals surface area contributed by atoms with Crippen LogP contribution in [0, 0.1) is 11.8 Å². The number of amides is 1. The molecule has 1 aromatic carbocycles. The van der Waals surface area contributed by atoms with E-state index in [0.29, 0.717) is 12.1 Å². The first-order chi connectivity index (χ1) is 9.78. The van der Waals surface area contributed by atoms with Crippen molar-refractivity contribution in [3.8, 4) is 11.8 Å². The summed E-state index contributed by atoms with van der Waals surface area (Å²) in [4.78, 5) is 11.7. The second-order valence-corrected chi connectivity index (χ2v) is 4.00. The first kappa shape index (κ1) is 13.8. The summed E-state index contributed by atoms with van der Waals surface area (Å²) < 4.78 is 1.45. The predicted molar refractivity (Wildman–Crippen MR) is 73.7 cm³/mol. The zero-order valence-corrected chi connectivity index (χ0v) is 10.8. The average molecular weight is 270 g/mol. The largest absolute Gasteiger partial charge is 0.395 e. The molecular weight excluding hydrogens is 256 g/mol. The minimum absolute atomic E-state index is 0.0590. The Morgan fingerprint density at radius 2 is 2.15 bits per heavy atom. The summed E-state index contributed by atoms with van der Waals surface area (Å²) in [5.41, 5.74) is 1.54. The number of carbonyl (C=O) groups excluding carboxylic acids is 1. The van der Waals surface area contributed by atoms with Crippen molar-refractivity contribution in [2.24, 2.45) is 0 Å². The summed E-state index contributed by atoms with van der Waals surface area (Å²) in [5, 5.41) is 18.7. The Bertz CT molecular complexity index is 609. The van der Waals surface area contributed by atoms with Gasteiger partial charge in [0.2, 0.25) is 5.91 Å². The monoisotopic (exact) mass is 270 g/mol. The number of aliphatic hydroxyl groups is 1. The zero-order chi connectivity index (χ0) is 14.2. The standard InChI is InChI=1S/C14H14N4O2/c19-10-2-1-3-12-4-6-13(7-5-12)16-14(20)11-18-9-8-15-17-18/h4-9,19H,2,10-11H2,(H,16,20). The number of aliphatic hydroxyl groups excluding tert-OH is 1. The molecule has 1 aromatic heterocycles. The van der Waals surface area contributed by atoms with Crippen molar-refractivity contribution in [1.82, 2.24) is 15.0 Å². The van der Waals surface area contributed by atoms with Crippen molar-refractivity contribution in [3.05, 3.63) is 42.2 Å². The van der Waals surface area contributed by atoms with Crippen LogP contribution >= 0.6 is 0 Å². The van der Waals surface area contributed by atoms with Crippen LogP contribution in [0.3, 0.4) is 0 Å². The molecule has 0 unspecified atom stereocenters. The lowest BCUT2D eigenvalue weighted by Gasteiger charge is -2.04. The fourth-order valence-electron chi connectivity index (χ4n) is 1.52. The van der Waals surface area contributed by atoms with Gasteiger partial charge in [0.1, 0.15) is 6.54 Å². The minimum Gasteiger partial charge on any atom is -0.395 e. The number of nitrogens with one attached hydrogen (secondary N) is 1. The van der Waals surface area contributed by atoms with Crippen molar-refractivity contribution in [2.45, 2.75) is 13.0 Å². The molecule has 0 aliphatic carbocycles. The van der Waals surface area contributed by atoms with Gasteiger partial charge >= 0.3 is 0 Å². The average Bonchev–Trinajstić information content (AvgIpc) is 2.94. The molecule has 0 saturated carbocycles. The Labute approximate surface area is 116 Å². The third-order valence-electron chi connectivity index (χ3n) is 2.42. The lowest BCUT2D eigenvalue weighted by Crippen LogP contribution is -2.19. The van der Waals surface area contributed by atoms with Crippen LogP contribution in [0.5, 0.6) is 0 Å². The molecule has 1 heterocycles. The van der Waals surface area contributed by atoms with Gasteiger partial charge in [-0.15, -0.1) is 5.10 Å². The maximum Gasteiger partial charge on any atom is 0.246 e. The molecule has 1 amide bonds. The fourth-order valence-corrected chi connectivity index (χ4v) is 1.52. The third kappa shape index (κ3) is 4.23. The second-order valence-electron chi connectivity index (χ2n) is 4.00. The molecule has 0 bridgehead atoms.